The van der Waals surface area contributed by atoms with E-state index in [1.54, 1.807) is 12.1 Å². The third-order valence-corrected chi connectivity index (χ3v) is 7.46. The normalized spacial score (nSPS) is 20.6. The first-order valence-electron chi connectivity index (χ1n) is 12.3. The minimum atomic E-state index is -1.62. The van der Waals surface area contributed by atoms with E-state index in [1.807, 2.05) is 0 Å². The third kappa shape index (κ3) is 6.23. The van der Waals surface area contributed by atoms with Gasteiger partial charge in [0.1, 0.15) is 29.7 Å². The largest absolute Gasteiger partial charge is 0.504 e. The second-order valence-corrected chi connectivity index (χ2v) is 10.4. The molecular formula is C28H27BrClN3O9. The monoisotopic (exact) mass is 663 g/mol. The first-order valence-corrected chi connectivity index (χ1v) is 13.5. The van der Waals surface area contributed by atoms with Crippen molar-refractivity contribution >= 4 is 45.3 Å². The van der Waals surface area contributed by atoms with Crippen molar-refractivity contribution in [3.8, 4) is 28.7 Å². The Hall–Kier alpha value is -4.04. The van der Waals surface area contributed by atoms with Gasteiger partial charge in [-0.2, -0.15) is 0 Å². The van der Waals surface area contributed by atoms with Crippen molar-refractivity contribution in [1.82, 2.24) is 10.6 Å². The smallest absolute Gasteiger partial charge is 0.331 e. The number of carbonyl (C=O) groups is 3. The van der Waals surface area contributed by atoms with E-state index in [0.29, 0.717) is 10.2 Å². The van der Waals surface area contributed by atoms with Gasteiger partial charge in [0.25, 0.3) is 0 Å². The van der Waals surface area contributed by atoms with Crippen molar-refractivity contribution < 1.29 is 43.5 Å². The molecular weight excluding hydrogens is 638 g/mol. The number of methoxy groups -OCH3 is 3. The molecule has 0 unspecified atom stereocenters. The van der Waals surface area contributed by atoms with Gasteiger partial charge in [0.15, 0.2) is 17.5 Å². The first kappa shape index (κ1) is 30.9. The topological polar surface area (TPSA) is 179 Å². The van der Waals surface area contributed by atoms with Crippen LogP contribution < -0.4 is 30.6 Å². The molecule has 0 saturated heterocycles. The van der Waals surface area contributed by atoms with Gasteiger partial charge in [0, 0.05) is 0 Å². The van der Waals surface area contributed by atoms with Gasteiger partial charge in [-0.05, 0) is 69.0 Å². The number of aliphatic hydroxyl groups is 1. The maximum Gasteiger partial charge on any atom is 0.331 e. The molecule has 6 N–H and O–H groups in total. The summed E-state index contributed by atoms with van der Waals surface area (Å²) in [7, 11) is 3.87. The number of phenols is 1. The number of hydrogen-bond acceptors (Lipinski definition) is 10. The molecule has 42 heavy (non-hydrogen) atoms. The number of halogens is 2. The van der Waals surface area contributed by atoms with Crippen LogP contribution in [0.4, 0.5) is 0 Å². The van der Waals surface area contributed by atoms with E-state index in [1.165, 1.54) is 50.6 Å². The Morgan fingerprint density at radius 2 is 1.67 bits per heavy atom. The molecule has 3 aromatic carbocycles. The number of carbonyl (C=O) groups excluding carboxylic acids is 3. The van der Waals surface area contributed by atoms with Gasteiger partial charge < -0.3 is 45.5 Å². The van der Waals surface area contributed by atoms with E-state index in [0.717, 1.165) is 7.11 Å². The molecule has 0 fully saturated rings. The van der Waals surface area contributed by atoms with Crippen LogP contribution in [0, 0.1) is 0 Å². The molecule has 0 aliphatic carbocycles. The zero-order chi connectivity index (χ0) is 30.7. The van der Waals surface area contributed by atoms with Crippen LogP contribution in [-0.4, -0.2) is 55.4 Å². The summed E-state index contributed by atoms with van der Waals surface area (Å²) >= 11 is 9.81. The molecule has 0 radical (unpaired) electrons. The molecule has 2 heterocycles. The quantitative estimate of drug-likeness (QED) is 0.260. The number of phenolic OH excluding ortho intramolecular Hbond substituents is 1. The van der Waals surface area contributed by atoms with Crippen LogP contribution in [0.5, 0.6) is 28.7 Å². The highest BCUT2D eigenvalue weighted by Crippen LogP contribution is 2.43. The van der Waals surface area contributed by atoms with Gasteiger partial charge in [-0.1, -0.05) is 23.7 Å². The molecule has 2 amide bonds. The van der Waals surface area contributed by atoms with Crippen molar-refractivity contribution in [3.05, 3.63) is 74.7 Å². The van der Waals surface area contributed by atoms with Crippen LogP contribution in [0.15, 0.2) is 53.0 Å². The molecule has 0 saturated carbocycles. The van der Waals surface area contributed by atoms with Gasteiger partial charge in [-0.15, -0.1) is 0 Å². The van der Waals surface area contributed by atoms with Crippen molar-refractivity contribution in [1.29, 1.82) is 0 Å². The first-order chi connectivity index (χ1) is 20.0. The summed E-state index contributed by atoms with van der Waals surface area (Å²) in [5.41, 5.74) is 6.83. The van der Waals surface area contributed by atoms with Crippen LogP contribution >= 0.6 is 27.5 Å². The van der Waals surface area contributed by atoms with Crippen molar-refractivity contribution in [2.24, 2.45) is 5.73 Å². The Labute approximate surface area is 253 Å². The van der Waals surface area contributed by atoms with E-state index < -0.39 is 42.0 Å². The summed E-state index contributed by atoms with van der Waals surface area (Å²) in [5, 5.41) is 26.9. The minimum Gasteiger partial charge on any atom is -0.504 e. The Bertz CT molecular complexity index is 1540. The van der Waals surface area contributed by atoms with Crippen LogP contribution in [-0.2, 0) is 19.1 Å². The van der Waals surface area contributed by atoms with Gasteiger partial charge in [0.2, 0.25) is 17.6 Å². The number of esters is 1. The van der Waals surface area contributed by atoms with Crippen molar-refractivity contribution in [2.75, 3.05) is 21.3 Å². The number of hydrogen-bond donors (Lipinski definition) is 5. The number of nitrogens with two attached hydrogens (primary N) is 1. The number of amides is 2. The van der Waals surface area contributed by atoms with Crippen LogP contribution in [0.3, 0.4) is 0 Å². The number of fused-ring (bicyclic) bond motifs is 9. The molecule has 0 spiro atoms. The lowest BCUT2D eigenvalue weighted by Crippen LogP contribution is -2.51. The highest BCUT2D eigenvalue weighted by molar-refractivity contribution is 9.10. The van der Waals surface area contributed by atoms with E-state index in [-0.39, 0.29) is 44.7 Å². The summed E-state index contributed by atoms with van der Waals surface area (Å²) in [4.78, 5) is 39.9. The number of benzene rings is 3. The molecule has 4 atom stereocenters. The van der Waals surface area contributed by atoms with Gasteiger partial charge >= 0.3 is 5.97 Å². The summed E-state index contributed by atoms with van der Waals surface area (Å²) < 4.78 is 21.7. The lowest BCUT2D eigenvalue weighted by molar-refractivity contribution is -0.149. The second kappa shape index (κ2) is 12.9. The minimum absolute atomic E-state index is 0.0149. The molecule has 12 nitrogen and oxygen atoms in total. The summed E-state index contributed by atoms with van der Waals surface area (Å²) in [6, 6.07) is 7.03. The lowest BCUT2D eigenvalue weighted by Gasteiger charge is -2.27. The van der Waals surface area contributed by atoms with E-state index >= 15 is 0 Å². The summed E-state index contributed by atoms with van der Waals surface area (Å²) in [6.45, 7) is 0. The third-order valence-electron chi connectivity index (χ3n) is 6.55. The number of aromatic hydroxyl groups is 1. The second-order valence-electron chi connectivity index (χ2n) is 9.13. The maximum atomic E-state index is 13.7. The average molecular weight is 665 g/mol. The lowest BCUT2D eigenvalue weighted by atomic mass is 9.99. The SMILES string of the molecule is COC(=O)[C@H]1NC(=O)[C@@H](c2ccc(OC)c(Br)c2)NC(=O)[C@H](N)c2cc(O)c(OC)c(c2)Oc2ccc(cc2Cl)[C@H]1O. The highest BCUT2D eigenvalue weighted by Gasteiger charge is 2.35. The van der Waals surface area contributed by atoms with E-state index in [9.17, 15) is 24.6 Å². The molecule has 5 rings (SSSR count). The van der Waals surface area contributed by atoms with Gasteiger partial charge in [0.05, 0.1) is 30.8 Å². The van der Waals surface area contributed by atoms with Crippen LogP contribution in [0.25, 0.3) is 0 Å². The summed E-state index contributed by atoms with van der Waals surface area (Å²) in [5.74, 6) is -2.53. The Morgan fingerprint density at radius 1 is 0.952 bits per heavy atom. The fourth-order valence-electron chi connectivity index (χ4n) is 4.34. The Kier molecular flexibility index (Phi) is 9.46. The molecule has 4 bridgehead atoms. The van der Waals surface area contributed by atoms with Gasteiger partial charge in [-0.25, -0.2) is 4.79 Å². The fraction of sp³-hybridized carbons (Fsp3) is 0.250. The Morgan fingerprint density at radius 3 is 2.29 bits per heavy atom. The molecule has 222 valence electrons. The van der Waals surface area contributed by atoms with E-state index in [4.69, 9.17) is 36.3 Å². The van der Waals surface area contributed by atoms with Gasteiger partial charge in [-0.3, -0.25) is 9.59 Å². The number of rotatable bonds is 4. The predicted molar refractivity (Wildman–Crippen MR) is 154 cm³/mol. The van der Waals surface area contributed by atoms with E-state index in [2.05, 4.69) is 26.6 Å². The molecule has 14 heteroatoms. The zero-order valence-electron chi connectivity index (χ0n) is 22.5. The number of ether oxygens (including phenoxy) is 4. The van der Waals surface area contributed by atoms with Crippen LogP contribution in [0.1, 0.15) is 34.9 Å². The highest BCUT2D eigenvalue weighted by atomic mass is 79.9. The van der Waals surface area contributed by atoms with Crippen molar-refractivity contribution in [3.63, 3.8) is 0 Å². The summed E-state index contributed by atoms with van der Waals surface area (Å²) in [6.07, 6.45) is -1.62. The number of nitrogens with one attached hydrogen (secondary N) is 2. The van der Waals surface area contributed by atoms with Crippen molar-refractivity contribution in [2.45, 2.75) is 24.2 Å². The fourth-order valence-corrected chi connectivity index (χ4v) is 5.13. The Balaban J connectivity index is 1.90. The molecule has 2 aliphatic heterocycles. The maximum absolute atomic E-state index is 13.7. The molecule has 0 aromatic heterocycles. The average Bonchev–Trinajstić information content (AvgIpc) is 2.97. The molecule has 3 aromatic rings. The van der Waals surface area contributed by atoms with Crippen LogP contribution in [0.2, 0.25) is 5.02 Å². The predicted octanol–water partition coefficient (Wildman–Crippen LogP) is 3.18. The number of aliphatic hydroxyl groups excluding tert-OH is 1. The standard InChI is InChI=1S/C28H27BrClN3O9/c1-39-18-6-4-12(8-15(18)29)22-27(37)33-23(28(38)41-3)24(35)13-5-7-19(16(30)9-13)42-20-11-14(21(31)26(36)32-22)10-17(34)25(20)40-2/h4-11,21-24,34-35H,31H2,1-3H3,(H,32,36)(H,33,37)/t21-,22-,23+,24-/m1/s1. The molecule has 2 aliphatic rings. The zero-order valence-corrected chi connectivity index (χ0v) is 24.9.